The molecule has 0 aromatic heterocycles. The normalized spacial score (nSPS) is 15.3. The topological polar surface area (TPSA) is 65.1 Å². The molecule has 1 heterocycles. The lowest BCUT2D eigenvalue weighted by molar-refractivity contribution is -0.174. The van der Waals surface area contributed by atoms with Gasteiger partial charge in [-0.3, -0.25) is 9.63 Å². The van der Waals surface area contributed by atoms with Gasteiger partial charge in [-0.1, -0.05) is 117 Å². The average Bonchev–Trinajstić information content (AvgIpc) is 3.01. The number of unbranched alkanes of at least 4 members (excludes halogenated alkanes) is 16. The highest BCUT2D eigenvalue weighted by atomic mass is 16.7. The summed E-state index contributed by atoms with van der Waals surface area (Å²) in [5.74, 6) is 0. The Morgan fingerprint density at radius 2 is 1.31 bits per heavy atom. The Morgan fingerprint density at radius 3 is 1.86 bits per heavy atom. The molecule has 0 aromatic rings. The van der Waals surface area contributed by atoms with Gasteiger partial charge in [0.2, 0.25) is 6.41 Å². The molecule has 7 heteroatoms. The van der Waals surface area contributed by atoms with E-state index in [1.807, 2.05) is 4.90 Å². The van der Waals surface area contributed by atoms with E-state index in [9.17, 15) is 9.59 Å². The molecule has 1 unspecified atom stereocenters. The summed E-state index contributed by atoms with van der Waals surface area (Å²) in [6, 6.07) is 0.269. The number of urea groups is 1. The molecule has 0 aromatic carbocycles. The molecule has 1 fully saturated rings. The Labute approximate surface area is 260 Å². The lowest BCUT2D eigenvalue weighted by Gasteiger charge is -2.36. The summed E-state index contributed by atoms with van der Waals surface area (Å²) in [6.45, 7) is 12.5. The van der Waals surface area contributed by atoms with Crippen molar-refractivity contribution in [2.24, 2.45) is 0 Å². The Kier molecular flexibility index (Phi) is 26.2. The van der Waals surface area contributed by atoms with Gasteiger partial charge >= 0.3 is 6.03 Å². The second-order valence-electron chi connectivity index (χ2n) is 12.5. The van der Waals surface area contributed by atoms with Crippen molar-refractivity contribution < 1.29 is 14.4 Å². The summed E-state index contributed by atoms with van der Waals surface area (Å²) >= 11 is 0. The molecule has 1 saturated heterocycles. The zero-order valence-corrected chi connectivity index (χ0v) is 28.2. The molecule has 248 valence electrons. The summed E-state index contributed by atoms with van der Waals surface area (Å²) in [5, 5.41) is 4.61. The maximum atomic E-state index is 12.9. The summed E-state index contributed by atoms with van der Waals surface area (Å²) in [5.41, 5.74) is 0. The molecule has 42 heavy (non-hydrogen) atoms. The zero-order chi connectivity index (χ0) is 30.5. The first kappa shape index (κ1) is 38.7. The molecule has 1 aliphatic rings. The van der Waals surface area contributed by atoms with Crippen LogP contribution in [0.15, 0.2) is 0 Å². The Bertz CT molecular complexity index is 617. The van der Waals surface area contributed by atoms with Gasteiger partial charge in [-0.25, -0.2) is 9.86 Å². The number of piperidine rings is 1. The van der Waals surface area contributed by atoms with Crippen LogP contribution in [-0.2, 0) is 9.63 Å². The number of nitrogens with one attached hydrogen (secondary N) is 1. The van der Waals surface area contributed by atoms with Crippen LogP contribution >= 0.6 is 0 Å². The lowest BCUT2D eigenvalue weighted by Crippen LogP contribution is -2.49. The number of nitrogens with zero attached hydrogens (tertiary/aromatic N) is 3. The SMILES string of the molecule is CCCCCCCCCCCCCCCCCCNC(=O)N1CCCCC1CCON(C=O)CCCCN(CC)CC. The minimum absolute atomic E-state index is 0.0734. The van der Waals surface area contributed by atoms with Gasteiger partial charge in [-0.15, -0.1) is 0 Å². The molecule has 0 radical (unpaired) electrons. The van der Waals surface area contributed by atoms with Crippen LogP contribution < -0.4 is 5.32 Å². The van der Waals surface area contributed by atoms with E-state index in [2.05, 4.69) is 31.0 Å². The third-order valence-corrected chi connectivity index (χ3v) is 9.02. The van der Waals surface area contributed by atoms with Crippen molar-refractivity contribution in [2.75, 3.05) is 45.9 Å². The van der Waals surface area contributed by atoms with Crippen LogP contribution in [0.25, 0.3) is 0 Å². The summed E-state index contributed by atoms with van der Waals surface area (Å²) in [4.78, 5) is 34.5. The van der Waals surface area contributed by atoms with E-state index < -0.39 is 0 Å². The van der Waals surface area contributed by atoms with Gasteiger partial charge in [0.15, 0.2) is 0 Å². The van der Waals surface area contributed by atoms with Gasteiger partial charge in [0.1, 0.15) is 0 Å². The first-order chi connectivity index (χ1) is 20.7. The molecule has 0 bridgehead atoms. The van der Waals surface area contributed by atoms with Crippen molar-refractivity contribution in [3.8, 4) is 0 Å². The maximum absolute atomic E-state index is 12.9. The third-order valence-electron chi connectivity index (χ3n) is 9.02. The molecule has 1 atom stereocenters. The first-order valence-corrected chi connectivity index (χ1v) is 18.3. The molecular formula is C35H70N4O3. The highest BCUT2D eigenvalue weighted by Gasteiger charge is 2.26. The lowest BCUT2D eigenvalue weighted by atomic mass is 10.00. The molecule has 7 nitrogen and oxygen atoms in total. The second-order valence-corrected chi connectivity index (χ2v) is 12.5. The predicted molar refractivity (Wildman–Crippen MR) is 178 cm³/mol. The van der Waals surface area contributed by atoms with E-state index in [1.54, 1.807) is 0 Å². The number of carbonyl (C=O) groups excluding carboxylic acids is 2. The largest absolute Gasteiger partial charge is 0.338 e. The van der Waals surface area contributed by atoms with Crippen LogP contribution in [-0.4, -0.2) is 79.2 Å². The van der Waals surface area contributed by atoms with E-state index in [0.29, 0.717) is 13.2 Å². The van der Waals surface area contributed by atoms with Gasteiger partial charge in [-0.2, -0.15) is 0 Å². The molecule has 1 rings (SSSR count). The van der Waals surface area contributed by atoms with Gasteiger partial charge in [-0.05, 0) is 64.6 Å². The maximum Gasteiger partial charge on any atom is 0.317 e. The fourth-order valence-electron chi connectivity index (χ4n) is 6.13. The van der Waals surface area contributed by atoms with Crippen LogP contribution in [0.2, 0.25) is 0 Å². The number of hydrogen-bond acceptors (Lipinski definition) is 4. The van der Waals surface area contributed by atoms with E-state index >= 15 is 0 Å². The van der Waals surface area contributed by atoms with Crippen molar-refractivity contribution in [3.05, 3.63) is 0 Å². The van der Waals surface area contributed by atoms with Gasteiger partial charge in [0.25, 0.3) is 0 Å². The second kappa shape index (κ2) is 28.4. The number of likely N-dealkylation sites (tertiary alicyclic amines) is 1. The molecule has 1 aliphatic heterocycles. The molecule has 0 aliphatic carbocycles. The number of rotatable bonds is 29. The van der Waals surface area contributed by atoms with E-state index in [0.717, 1.165) is 84.1 Å². The number of hydrogen-bond donors (Lipinski definition) is 1. The smallest absolute Gasteiger partial charge is 0.317 e. The third kappa shape index (κ3) is 20.5. The molecule has 1 N–H and O–H groups in total. The first-order valence-electron chi connectivity index (χ1n) is 18.3. The van der Waals surface area contributed by atoms with Gasteiger partial charge in [0, 0.05) is 25.7 Å². The van der Waals surface area contributed by atoms with Crippen molar-refractivity contribution in [1.29, 1.82) is 0 Å². The monoisotopic (exact) mass is 595 g/mol. The van der Waals surface area contributed by atoms with Crippen molar-refractivity contribution in [1.82, 2.24) is 20.2 Å². The highest BCUT2D eigenvalue weighted by molar-refractivity contribution is 5.74. The molecule has 0 spiro atoms. The van der Waals surface area contributed by atoms with Crippen LogP contribution in [0, 0.1) is 0 Å². The minimum Gasteiger partial charge on any atom is -0.338 e. The highest BCUT2D eigenvalue weighted by Crippen LogP contribution is 2.20. The minimum atomic E-state index is 0.0734. The standard InChI is InChI=1S/C35H70N4O3/c1-4-7-8-9-10-11-12-13-14-15-16-17-18-19-20-22-28-36-35(41)39-31-23-21-26-34(39)27-32-42-38(33-40)30-25-24-29-37(5-2)6-3/h33-34H,4-32H2,1-3H3,(H,36,41). The van der Waals surface area contributed by atoms with E-state index in [-0.39, 0.29) is 12.1 Å². The summed E-state index contributed by atoms with van der Waals surface area (Å²) < 4.78 is 0. The van der Waals surface area contributed by atoms with Crippen molar-refractivity contribution >= 4 is 12.4 Å². The van der Waals surface area contributed by atoms with Crippen LogP contribution in [0.5, 0.6) is 0 Å². The summed E-state index contributed by atoms with van der Waals surface area (Å²) in [6.07, 6.45) is 28.6. The van der Waals surface area contributed by atoms with Gasteiger partial charge < -0.3 is 15.1 Å². The average molecular weight is 595 g/mol. The number of amides is 3. The molecular weight excluding hydrogens is 524 g/mol. The Balaban J connectivity index is 2.05. The zero-order valence-electron chi connectivity index (χ0n) is 28.2. The van der Waals surface area contributed by atoms with Crippen LogP contribution in [0.4, 0.5) is 4.79 Å². The number of carbonyl (C=O) groups is 2. The Hall–Kier alpha value is -1.34. The Morgan fingerprint density at radius 1 is 0.762 bits per heavy atom. The molecule has 0 saturated carbocycles. The fraction of sp³-hybridized carbons (Fsp3) is 0.943. The van der Waals surface area contributed by atoms with Crippen LogP contribution in [0.1, 0.15) is 162 Å². The van der Waals surface area contributed by atoms with Gasteiger partial charge in [0.05, 0.1) is 6.61 Å². The van der Waals surface area contributed by atoms with Crippen molar-refractivity contribution in [3.63, 3.8) is 0 Å². The van der Waals surface area contributed by atoms with E-state index in [1.165, 1.54) is 101 Å². The van der Waals surface area contributed by atoms with Crippen molar-refractivity contribution in [2.45, 2.75) is 168 Å². The fourth-order valence-corrected chi connectivity index (χ4v) is 6.13. The quantitative estimate of drug-likeness (QED) is 0.0534. The summed E-state index contributed by atoms with van der Waals surface area (Å²) in [7, 11) is 0. The van der Waals surface area contributed by atoms with E-state index in [4.69, 9.17) is 4.84 Å². The number of hydroxylamine groups is 2. The molecule has 3 amide bonds. The predicted octanol–water partition coefficient (Wildman–Crippen LogP) is 8.71. The van der Waals surface area contributed by atoms with Crippen LogP contribution in [0.3, 0.4) is 0 Å².